The number of hydrogen-bond donors (Lipinski definition) is 1. The van der Waals surface area contributed by atoms with Gasteiger partial charge in [-0.05, 0) is 12.1 Å². The Hall–Kier alpha value is -0.117. The maximum absolute atomic E-state index is 10.3. The van der Waals surface area contributed by atoms with Crippen LogP contribution in [0.5, 0.6) is 0 Å². The zero-order chi connectivity index (χ0) is 8.43. The summed E-state index contributed by atoms with van der Waals surface area (Å²) >= 11 is 9.41. The van der Waals surface area contributed by atoms with E-state index in [0.717, 1.165) is 0 Å². The Morgan fingerprint density at radius 2 is 2.08 bits per heavy atom. The number of thiol groups is 1. The smallest absolute Gasteiger partial charge is 0.258 e. The van der Waals surface area contributed by atoms with Gasteiger partial charge in [-0.3, -0.25) is 10.1 Å². The molecule has 0 N–H and O–H groups in total. The van der Waals surface area contributed by atoms with Crippen molar-refractivity contribution in [2.75, 3.05) is 0 Å². The third-order valence-corrected chi connectivity index (χ3v) is 1.75. The van der Waals surface area contributed by atoms with Gasteiger partial charge < -0.3 is 0 Å². The van der Waals surface area contributed by atoms with Gasteiger partial charge in [0.2, 0.25) is 0 Å². The van der Waals surface area contributed by atoms with Gasteiger partial charge >= 0.3 is 0 Å². The van der Waals surface area contributed by atoms with E-state index in [0.29, 0.717) is 9.92 Å². The second kappa shape index (κ2) is 4.80. The molecule has 0 aliphatic rings. The molecule has 1 rings (SSSR count). The molecule has 12 heavy (non-hydrogen) atoms. The van der Waals surface area contributed by atoms with E-state index >= 15 is 0 Å². The monoisotopic (exact) mass is 253 g/mol. The summed E-state index contributed by atoms with van der Waals surface area (Å²) in [5.41, 5.74) is -0.0687. The van der Waals surface area contributed by atoms with Gasteiger partial charge in [-0.15, -0.1) is 12.6 Å². The molecular formula is C6H4ClNO2SZn. The van der Waals surface area contributed by atoms with E-state index in [9.17, 15) is 10.1 Å². The van der Waals surface area contributed by atoms with E-state index in [4.69, 9.17) is 11.6 Å². The van der Waals surface area contributed by atoms with Crippen molar-refractivity contribution < 1.29 is 24.4 Å². The summed E-state index contributed by atoms with van der Waals surface area (Å²) in [6.07, 6.45) is 0. The van der Waals surface area contributed by atoms with Crippen molar-refractivity contribution in [2.45, 2.75) is 4.90 Å². The molecule has 0 fully saturated rings. The van der Waals surface area contributed by atoms with E-state index in [2.05, 4.69) is 12.6 Å². The Morgan fingerprint density at radius 1 is 1.50 bits per heavy atom. The van der Waals surface area contributed by atoms with Crippen molar-refractivity contribution >= 4 is 29.9 Å². The first-order valence-corrected chi connectivity index (χ1v) is 3.56. The van der Waals surface area contributed by atoms with Gasteiger partial charge in [0.05, 0.1) is 9.82 Å². The number of hydrogen-bond acceptors (Lipinski definition) is 3. The fraction of sp³-hybridized carbons (Fsp3) is 0. The molecule has 0 saturated carbocycles. The average molecular weight is 255 g/mol. The van der Waals surface area contributed by atoms with E-state index < -0.39 is 4.92 Å². The van der Waals surface area contributed by atoms with Gasteiger partial charge in [0.25, 0.3) is 5.69 Å². The Bertz CT molecular complexity index is 308. The number of rotatable bonds is 1. The molecule has 0 aliphatic carbocycles. The zero-order valence-electron chi connectivity index (χ0n) is 6.03. The number of nitro benzene ring substituents is 1. The minimum absolute atomic E-state index is 0. The maximum atomic E-state index is 10.3. The first-order chi connectivity index (χ1) is 5.11. The van der Waals surface area contributed by atoms with Crippen LogP contribution in [-0.2, 0) is 19.5 Å². The normalized spacial score (nSPS) is 8.83. The van der Waals surface area contributed by atoms with E-state index in [-0.39, 0.29) is 25.2 Å². The van der Waals surface area contributed by atoms with Crippen molar-refractivity contribution in [2.24, 2.45) is 0 Å². The van der Waals surface area contributed by atoms with Crippen LogP contribution in [0.3, 0.4) is 0 Å². The van der Waals surface area contributed by atoms with Gasteiger partial charge in [0.1, 0.15) is 0 Å². The molecule has 6 heteroatoms. The predicted octanol–water partition coefficient (Wildman–Crippen LogP) is 2.53. The first kappa shape index (κ1) is 11.9. The number of nitro groups is 1. The topological polar surface area (TPSA) is 43.1 Å². The SMILES string of the molecule is O=[N+]([O-])c1cc(Cl)ccc1S.[Zn]. The molecule has 0 spiro atoms. The van der Waals surface area contributed by atoms with Crippen LogP contribution in [-0.4, -0.2) is 4.92 Å². The largest absolute Gasteiger partial charge is 0.284 e. The summed E-state index contributed by atoms with van der Waals surface area (Å²) in [5, 5.41) is 10.6. The van der Waals surface area contributed by atoms with Crippen molar-refractivity contribution in [3.05, 3.63) is 33.3 Å². The zero-order valence-corrected chi connectivity index (χ0v) is 10.6. The molecule has 0 aromatic heterocycles. The minimum Gasteiger partial charge on any atom is -0.258 e. The van der Waals surface area contributed by atoms with Crippen LogP contribution in [0.1, 0.15) is 0 Å². The molecule has 0 atom stereocenters. The van der Waals surface area contributed by atoms with Crippen molar-refractivity contribution in [1.82, 2.24) is 0 Å². The third kappa shape index (κ3) is 2.74. The molecule has 1 aromatic rings. The second-order valence-corrected chi connectivity index (χ2v) is 2.81. The maximum Gasteiger partial charge on any atom is 0.284 e. The van der Waals surface area contributed by atoms with Crippen LogP contribution >= 0.6 is 24.2 Å². The molecule has 0 heterocycles. The molecule has 0 radical (unpaired) electrons. The van der Waals surface area contributed by atoms with Crippen LogP contribution in [0.4, 0.5) is 5.69 Å². The third-order valence-electron chi connectivity index (χ3n) is 1.13. The summed E-state index contributed by atoms with van der Waals surface area (Å²) in [6, 6.07) is 4.31. The Labute approximate surface area is 92.4 Å². The Balaban J connectivity index is 0.00000121. The summed E-state index contributed by atoms with van der Waals surface area (Å²) < 4.78 is 0. The standard InChI is InChI=1S/C6H4ClNO2S.Zn/c7-4-1-2-6(11)5(3-4)8(9)10;/h1-3,11H;. The molecule has 0 unspecified atom stereocenters. The van der Waals surface area contributed by atoms with Crippen LogP contribution in [0, 0.1) is 10.1 Å². The van der Waals surface area contributed by atoms with Crippen LogP contribution in [0.15, 0.2) is 23.1 Å². The molecule has 0 saturated heterocycles. The van der Waals surface area contributed by atoms with Crippen LogP contribution in [0.25, 0.3) is 0 Å². The molecule has 1 aromatic carbocycles. The van der Waals surface area contributed by atoms with Gasteiger partial charge in [-0.2, -0.15) is 0 Å². The minimum atomic E-state index is -0.520. The van der Waals surface area contributed by atoms with E-state index in [1.807, 2.05) is 0 Å². The number of benzene rings is 1. The van der Waals surface area contributed by atoms with Gasteiger partial charge in [0, 0.05) is 30.6 Å². The number of halogens is 1. The Morgan fingerprint density at radius 3 is 2.50 bits per heavy atom. The fourth-order valence-corrected chi connectivity index (χ4v) is 1.03. The van der Waals surface area contributed by atoms with E-state index in [1.165, 1.54) is 12.1 Å². The second-order valence-electron chi connectivity index (χ2n) is 1.89. The molecule has 60 valence electrons. The predicted molar refractivity (Wildman–Crippen MR) is 45.4 cm³/mol. The average Bonchev–Trinajstić information content (AvgIpc) is 1.94. The molecule has 3 nitrogen and oxygen atoms in total. The number of nitrogens with zero attached hydrogens (tertiary/aromatic N) is 1. The molecular weight excluding hydrogens is 251 g/mol. The summed E-state index contributed by atoms with van der Waals surface area (Å²) in [6.45, 7) is 0. The van der Waals surface area contributed by atoms with Crippen molar-refractivity contribution in [3.63, 3.8) is 0 Å². The van der Waals surface area contributed by atoms with Crippen molar-refractivity contribution in [1.29, 1.82) is 0 Å². The van der Waals surface area contributed by atoms with Crippen LogP contribution in [0.2, 0.25) is 5.02 Å². The van der Waals surface area contributed by atoms with Gasteiger partial charge in [0.15, 0.2) is 0 Å². The van der Waals surface area contributed by atoms with E-state index in [1.54, 1.807) is 6.07 Å². The fourth-order valence-electron chi connectivity index (χ4n) is 0.643. The van der Waals surface area contributed by atoms with Gasteiger partial charge in [-0.1, -0.05) is 11.6 Å². The summed E-state index contributed by atoms with van der Waals surface area (Å²) in [7, 11) is 0. The molecule has 0 amide bonds. The van der Waals surface area contributed by atoms with Gasteiger partial charge in [-0.25, -0.2) is 0 Å². The summed E-state index contributed by atoms with van der Waals surface area (Å²) in [5.74, 6) is 0. The Kier molecular flexibility index (Phi) is 4.75. The first-order valence-electron chi connectivity index (χ1n) is 2.74. The molecule has 0 bridgehead atoms. The summed E-state index contributed by atoms with van der Waals surface area (Å²) in [4.78, 5) is 10.1. The molecule has 0 aliphatic heterocycles. The quantitative estimate of drug-likeness (QED) is 0.362. The van der Waals surface area contributed by atoms with Crippen molar-refractivity contribution in [3.8, 4) is 0 Å². The van der Waals surface area contributed by atoms with Crippen LogP contribution < -0.4 is 0 Å².